The van der Waals surface area contributed by atoms with Crippen molar-refractivity contribution in [1.29, 1.82) is 0 Å². The number of rotatable bonds is 7. The Morgan fingerprint density at radius 1 is 1.50 bits per heavy atom. The number of nitrogens with zero attached hydrogens (tertiary/aromatic N) is 1. The number of carbonyl (C=O) groups is 1. The van der Waals surface area contributed by atoms with Crippen molar-refractivity contribution < 1.29 is 9.53 Å². The molecule has 2 N–H and O–H groups in total. The number of nitrogen functional groups attached to an aromatic ring is 1. The first-order chi connectivity index (χ1) is 8.63. The molecule has 0 aliphatic heterocycles. The van der Waals surface area contributed by atoms with E-state index < -0.39 is 5.97 Å². The molecule has 0 aliphatic rings. The summed E-state index contributed by atoms with van der Waals surface area (Å²) < 4.78 is 6.28. The largest absolute Gasteiger partial charge is 0.464 e. The summed E-state index contributed by atoms with van der Waals surface area (Å²) in [4.78, 5) is 22.9. The lowest BCUT2D eigenvalue weighted by Gasteiger charge is -2.07. The van der Waals surface area contributed by atoms with E-state index in [1.165, 1.54) is 22.9 Å². The third-order valence-electron chi connectivity index (χ3n) is 2.21. The van der Waals surface area contributed by atoms with E-state index in [0.717, 1.165) is 17.9 Å². The number of pyridine rings is 1. The van der Waals surface area contributed by atoms with Crippen molar-refractivity contribution in [3.8, 4) is 0 Å². The van der Waals surface area contributed by atoms with Crippen LogP contribution >= 0.6 is 11.8 Å². The molecule has 18 heavy (non-hydrogen) atoms. The van der Waals surface area contributed by atoms with Crippen molar-refractivity contribution >= 4 is 23.4 Å². The fourth-order valence-corrected chi connectivity index (χ4v) is 1.96. The zero-order chi connectivity index (χ0) is 13.4. The summed E-state index contributed by atoms with van der Waals surface area (Å²) in [5, 5.41) is 0. The van der Waals surface area contributed by atoms with E-state index in [0.29, 0.717) is 12.3 Å². The van der Waals surface area contributed by atoms with Crippen LogP contribution in [-0.4, -0.2) is 28.6 Å². The number of anilines is 1. The number of carbonyl (C=O) groups excluding carboxylic acids is 1. The third kappa shape index (κ3) is 5.27. The van der Waals surface area contributed by atoms with E-state index in [1.807, 2.05) is 0 Å². The van der Waals surface area contributed by atoms with E-state index in [4.69, 9.17) is 10.5 Å². The molecule has 5 nitrogen and oxygen atoms in total. The van der Waals surface area contributed by atoms with Crippen molar-refractivity contribution in [3.05, 3.63) is 28.7 Å². The number of esters is 1. The number of ether oxygens (including phenoxy) is 1. The molecule has 0 atom stereocenters. The van der Waals surface area contributed by atoms with Crippen LogP contribution in [0.5, 0.6) is 0 Å². The molecule has 1 aromatic rings. The van der Waals surface area contributed by atoms with Gasteiger partial charge in [-0.15, -0.1) is 0 Å². The summed E-state index contributed by atoms with van der Waals surface area (Å²) in [6, 6.07) is 2.84. The fourth-order valence-electron chi connectivity index (χ4n) is 1.35. The standard InChI is InChI=1S/C12H18N2O3S/c1-2-18-7-3-6-17-12(16)9-14-8-10(13)4-5-11(14)15/h4-5,8H,2-3,6-7,9,13H2,1H3. The highest BCUT2D eigenvalue weighted by molar-refractivity contribution is 7.99. The van der Waals surface area contributed by atoms with Crippen LogP contribution in [0.25, 0.3) is 0 Å². The van der Waals surface area contributed by atoms with Gasteiger partial charge >= 0.3 is 5.97 Å². The van der Waals surface area contributed by atoms with Crippen molar-refractivity contribution in [2.75, 3.05) is 23.8 Å². The Balaban J connectivity index is 2.35. The van der Waals surface area contributed by atoms with Gasteiger partial charge in [0.1, 0.15) is 6.54 Å². The second-order valence-corrected chi connectivity index (χ2v) is 5.09. The maximum Gasteiger partial charge on any atom is 0.326 e. The molecule has 0 aromatic carbocycles. The second kappa shape index (κ2) is 7.81. The average molecular weight is 270 g/mol. The van der Waals surface area contributed by atoms with Gasteiger partial charge in [-0.2, -0.15) is 11.8 Å². The zero-order valence-electron chi connectivity index (χ0n) is 10.4. The van der Waals surface area contributed by atoms with Crippen LogP contribution in [0.4, 0.5) is 5.69 Å². The van der Waals surface area contributed by atoms with E-state index in [1.54, 1.807) is 11.8 Å². The monoisotopic (exact) mass is 270 g/mol. The van der Waals surface area contributed by atoms with Crippen LogP contribution in [0.15, 0.2) is 23.1 Å². The maximum absolute atomic E-state index is 11.5. The quantitative estimate of drug-likeness (QED) is 0.593. The Morgan fingerprint density at radius 3 is 3.00 bits per heavy atom. The van der Waals surface area contributed by atoms with Crippen LogP contribution in [0, 0.1) is 0 Å². The molecule has 0 bridgehead atoms. The van der Waals surface area contributed by atoms with Crippen molar-refractivity contribution in [3.63, 3.8) is 0 Å². The minimum Gasteiger partial charge on any atom is -0.464 e. The highest BCUT2D eigenvalue weighted by Gasteiger charge is 2.05. The van der Waals surface area contributed by atoms with Crippen molar-refractivity contribution in [2.24, 2.45) is 0 Å². The van der Waals surface area contributed by atoms with Crippen LogP contribution in [0.2, 0.25) is 0 Å². The van der Waals surface area contributed by atoms with Gasteiger partial charge in [-0.25, -0.2) is 0 Å². The molecular weight excluding hydrogens is 252 g/mol. The summed E-state index contributed by atoms with van der Waals surface area (Å²) in [5.41, 5.74) is 5.73. The number of hydrogen-bond acceptors (Lipinski definition) is 5. The SMILES string of the molecule is CCSCCCOC(=O)Cn1cc(N)ccc1=O. The molecule has 0 fully saturated rings. The van der Waals surface area contributed by atoms with Crippen LogP contribution in [0.3, 0.4) is 0 Å². The minimum atomic E-state index is -0.413. The summed E-state index contributed by atoms with van der Waals surface area (Å²) in [6.07, 6.45) is 2.27. The molecule has 100 valence electrons. The Labute approximate surface area is 110 Å². The lowest BCUT2D eigenvalue weighted by Crippen LogP contribution is -2.24. The first-order valence-corrected chi connectivity index (χ1v) is 6.98. The molecule has 0 amide bonds. The number of hydrogen-bond donors (Lipinski definition) is 1. The van der Waals surface area contributed by atoms with E-state index in [2.05, 4.69) is 6.92 Å². The van der Waals surface area contributed by atoms with Gasteiger partial charge in [0.05, 0.1) is 6.61 Å². The predicted octanol–water partition coefficient (Wildman–Crippen LogP) is 1.12. The van der Waals surface area contributed by atoms with Gasteiger partial charge in [-0.3, -0.25) is 9.59 Å². The smallest absolute Gasteiger partial charge is 0.326 e. The zero-order valence-corrected chi connectivity index (χ0v) is 11.2. The maximum atomic E-state index is 11.5. The highest BCUT2D eigenvalue weighted by Crippen LogP contribution is 2.01. The lowest BCUT2D eigenvalue weighted by atomic mass is 10.4. The Kier molecular flexibility index (Phi) is 6.35. The van der Waals surface area contributed by atoms with Crippen LogP contribution < -0.4 is 11.3 Å². The summed E-state index contributed by atoms with van der Waals surface area (Å²) in [6.45, 7) is 2.39. The predicted molar refractivity (Wildman–Crippen MR) is 73.7 cm³/mol. The third-order valence-corrected chi connectivity index (χ3v) is 3.19. The van der Waals surface area contributed by atoms with Crippen molar-refractivity contribution in [2.45, 2.75) is 19.9 Å². The Bertz CT molecular complexity index is 445. The van der Waals surface area contributed by atoms with Crippen molar-refractivity contribution in [1.82, 2.24) is 4.57 Å². The van der Waals surface area contributed by atoms with Gasteiger partial charge in [-0.1, -0.05) is 6.92 Å². The highest BCUT2D eigenvalue weighted by atomic mass is 32.2. The molecule has 0 unspecified atom stereocenters. The molecule has 0 aliphatic carbocycles. The second-order valence-electron chi connectivity index (χ2n) is 3.70. The normalized spacial score (nSPS) is 10.3. The molecule has 1 heterocycles. The first kappa shape index (κ1) is 14.6. The van der Waals surface area contributed by atoms with E-state index >= 15 is 0 Å². The Hall–Kier alpha value is -1.43. The molecule has 0 saturated heterocycles. The van der Waals surface area contributed by atoms with Crippen LogP contribution in [-0.2, 0) is 16.1 Å². The summed E-state index contributed by atoms with van der Waals surface area (Å²) in [5.74, 6) is 1.62. The van der Waals surface area contributed by atoms with E-state index in [-0.39, 0.29) is 12.1 Å². The number of aromatic nitrogens is 1. The van der Waals surface area contributed by atoms with E-state index in [9.17, 15) is 9.59 Å². The molecule has 0 saturated carbocycles. The average Bonchev–Trinajstić information content (AvgIpc) is 2.33. The summed E-state index contributed by atoms with van der Waals surface area (Å²) in [7, 11) is 0. The minimum absolute atomic E-state index is 0.0925. The number of thioether (sulfide) groups is 1. The van der Waals surface area contributed by atoms with Crippen LogP contribution in [0.1, 0.15) is 13.3 Å². The number of nitrogens with two attached hydrogens (primary N) is 1. The summed E-state index contributed by atoms with van der Waals surface area (Å²) >= 11 is 1.81. The van der Waals surface area contributed by atoms with Gasteiger partial charge in [0.15, 0.2) is 0 Å². The van der Waals surface area contributed by atoms with Gasteiger partial charge in [0.2, 0.25) is 0 Å². The Morgan fingerprint density at radius 2 is 2.28 bits per heavy atom. The topological polar surface area (TPSA) is 74.3 Å². The van der Waals surface area contributed by atoms with Gasteiger partial charge in [0, 0.05) is 18.0 Å². The first-order valence-electron chi connectivity index (χ1n) is 5.83. The molecule has 0 spiro atoms. The molecular formula is C12H18N2O3S. The lowest BCUT2D eigenvalue weighted by molar-refractivity contribution is -0.144. The molecule has 6 heteroatoms. The van der Waals surface area contributed by atoms with Gasteiger partial charge in [0.25, 0.3) is 5.56 Å². The van der Waals surface area contributed by atoms with Gasteiger partial charge in [-0.05, 0) is 24.0 Å². The van der Waals surface area contributed by atoms with Gasteiger partial charge < -0.3 is 15.0 Å². The molecule has 0 radical (unpaired) electrons. The molecule has 1 aromatic heterocycles. The fraction of sp³-hybridized carbons (Fsp3) is 0.500. The molecule has 1 rings (SSSR count).